The lowest BCUT2D eigenvalue weighted by molar-refractivity contribution is -0.122. The second kappa shape index (κ2) is 8.06. The number of amides is 1. The lowest BCUT2D eigenvalue weighted by atomic mass is 10.1. The minimum absolute atomic E-state index is 0.0475. The highest BCUT2D eigenvalue weighted by molar-refractivity contribution is 5.94. The van der Waals surface area contributed by atoms with Gasteiger partial charge in [0.25, 0.3) is 5.91 Å². The molecule has 1 unspecified atom stereocenters. The van der Waals surface area contributed by atoms with Gasteiger partial charge >= 0.3 is 0 Å². The van der Waals surface area contributed by atoms with Crippen molar-refractivity contribution >= 4 is 22.6 Å². The van der Waals surface area contributed by atoms with E-state index < -0.39 is 6.10 Å². The Kier molecular flexibility index (Phi) is 5.16. The van der Waals surface area contributed by atoms with Gasteiger partial charge in [0.05, 0.1) is 11.6 Å². The molecule has 0 aliphatic rings. The number of fused-ring (bicyclic) bond motifs is 1. The summed E-state index contributed by atoms with van der Waals surface area (Å²) in [5.41, 5.74) is 0.707. The summed E-state index contributed by atoms with van der Waals surface area (Å²) in [6, 6.07) is 19.3. The van der Waals surface area contributed by atoms with Crippen LogP contribution in [0.5, 0.6) is 5.75 Å². The zero-order valence-electron chi connectivity index (χ0n) is 15.8. The molecule has 0 saturated heterocycles. The number of benzene rings is 2. The fourth-order valence-corrected chi connectivity index (χ4v) is 3.01. The molecule has 0 radical (unpaired) electrons. The molecule has 0 saturated carbocycles. The van der Waals surface area contributed by atoms with Crippen molar-refractivity contribution in [3.63, 3.8) is 0 Å². The summed E-state index contributed by atoms with van der Waals surface area (Å²) in [4.78, 5) is 25.8. The van der Waals surface area contributed by atoms with E-state index in [0.717, 1.165) is 0 Å². The third-order valence-electron chi connectivity index (χ3n) is 4.47. The summed E-state index contributed by atoms with van der Waals surface area (Å²) in [7, 11) is 0. The van der Waals surface area contributed by atoms with Gasteiger partial charge < -0.3 is 18.9 Å². The van der Waals surface area contributed by atoms with Crippen LogP contribution in [0.3, 0.4) is 0 Å². The van der Waals surface area contributed by atoms with Crippen LogP contribution in [0, 0.1) is 0 Å². The van der Waals surface area contributed by atoms with Gasteiger partial charge in [-0.05, 0) is 42.8 Å². The van der Waals surface area contributed by atoms with Gasteiger partial charge in [-0.1, -0.05) is 37.3 Å². The summed E-state index contributed by atoms with van der Waals surface area (Å²) in [6.07, 6.45) is 0.962. The van der Waals surface area contributed by atoms with Crippen LogP contribution in [0.1, 0.15) is 13.3 Å². The number of anilines is 1. The molecule has 2 aromatic heterocycles. The predicted octanol–water partition coefficient (Wildman–Crippen LogP) is 4.85. The number of para-hydroxylation sites is 2. The number of ether oxygens (including phenoxy) is 1. The molecular formula is C23H19NO5. The maximum atomic E-state index is 13.1. The van der Waals surface area contributed by atoms with Gasteiger partial charge in [0.1, 0.15) is 5.58 Å². The minimum Gasteiger partial charge on any atom is -0.473 e. The van der Waals surface area contributed by atoms with E-state index in [1.165, 1.54) is 6.26 Å². The summed E-state index contributed by atoms with van der Waals surface area (Å²) in [5, 5.41) is 3.18. The third kappa shape index (κ3) is 3.78. The predicted molar refractivity (Wildman–Crippen MR) is 110 cm³/mol. The lowest BCUT2D eigenvalue weighted by Gasteiger charge is -2.18. The number of hydrogen-bond acceptors (Lipinski definition) is 5. The van der Waals surface area contributed by atoms with Crippen LogP contribution in [0.2, 0.25) is 0 Å². The van der Waals surface area contributed by atoms with Gasteiger partial charge in [-0.3, -0.25) is 9.59 Å². The van der Waals surface area contributed by atoms with Gasteiger partial charge in [-0.25, -0.2) is 0 Å². The maximum absolute atomic E-state index is 13.1. The average molecular weight is 389 g/mol. The first-order chi connectivity index (χ1) is 14.2. The number of hydrogen-bond donors (Lipinski definition) is 1. The zero-order valence-corrected chi connectivity index (χ0v) is 15.8. The van der Waals surface area contributed by atoms with Gasteiger partial charge in [-0.2, -0.15) is 0 Å². The first kappa shape index (κ1) is 18.6. The molecule has 0 aliphatic carbocycles. The van der Waals surface area contributed by atoms with Crippen molar-refractivity contribution in [1.82, 2.24) is 0 Å². The molecule has 4 rings (SSSR count). The lowest BCUT2D eigenvalue weighted by Crippen LogP contribution is -2.34. The maximum Gasteiger partial charge on any atom is 0.265 e. The monoisotopic (exact) mass is 389 g/mol. The van der Waals surface area contributed by atoms with Crippen LogP contribution in [-0.4, -0.2) is 12.0 Å². The van der Waals surface area contributed by atoms with Crippen LogP contribution in [-0.2, 0) is 4.79 Å². The molecule has 0 aliphatic heterocycles. The van der Waals surface area contributed by atoms with Crippen molar-refractivity contribution < 1.29 is 18.4 Å². The van der Waals surface area contributed by atoms with Crippen molar-refractivity contribution in [2.75, 3.05) is 5.32 Å². The molecule has 6 nitrogen and oxygen atoms in total. The number of rotatable bonds is 6. The van der Waals surface area contributed by atoms with Crippen molar-refractivity contribution in [2.24, 2.45) is 0 Å². The summed E-state index contributed by atoms with van der Waals surface area (Å²) in [6.45, 7) is 1.81. The minimum atomic E-state index is -0.881. The highest BCUT2D eigenvalue weighted by Crippen LogP contribution is 2.32. The second-order valence-electron chi connectivity index (χ2n) is 6.43. The van der Waals surface area contributed by atoms with E-state index in [1.54, 1.807) is 48.5 Å². The summed E-state index contributed by atoms with van der Waals surface area (Å²) >= 11 is 0. The smallest absolute Gasteiger partial charge is 0.265 e. The topological polar surface area (TPSA) is 81.7 Å². The van der Waals surface area contributed by atoms with E-state index in [-0.39, 0.29) is 22.8 Å². The van der Waals surface area contributed by atoms with Crippen LogP contribution >= 0.6 is 0 Å². The van der Waals surface area contributed by atoms with E-state index in [4.69, 9.17) is 13.6 Å². The van der Waals surface area contributed by atoms with Crippen LogP contribution in [0.15, 0.2) is 86.6 Å². The van der Waals surface area contributed by atoms with E-state index in [0.29, 0.717) is 28.8 Å². The SMILES string of the molecule is CCC(Oc1c(-c2ccco2)oc2ccccc2c1=O)C(=O)Nc1ccccc1. The van der Waals surface area contributed by atoms with Crippen molar-refractivity contribution in [2.45, 2.75) is 19.4 Å². The molecule has 146 valence electrons. The number of carbonyl (C=O) groups excluding carboxylic acids is 1. The summed E-state index contributed by atoms with van der Waals surface area (Å²) in [5.74, 6) is 0.108. The zero-order chi connectivity index (χ0) is 20.2. The molecule has 0 spiro atoms. The molecule has 29 heavy (non-hydrogen) atoms. The molecule has 1 atom stereocenters. The van der Waals surface area contributed by atoms with E-state index >= 15 is 0 Å². The van der Waals surface area contributed by atoms with E-state index in [1.807, 2.05) is 25.1 Å². The molecule has 0 bridgehead atoms. The first-order valence-corrected chi connectivity index (χ1v) is 9.29. The van der Waals surface area contributed by atoms with Crippen molar-refractivity contribution in [3.05, 3.63) is 83.2 Å². The first-order valence-electron chi connectivity index (χ1n) is 9.29. The Hall–Kier alpha value is -3.80. The molecular weight excluding hydrogens is 370 g/mol. The second-order valence-corrected chi connectivity index (χ2v) is 6.43. The van der Waals surface area contributed by atoms with Gasteiger partial charge in [0.15, 0.2) is 11.9 Å². The average Bonchev–Trinajstić information content (AvgIpc) is 3.28. The van der Waals surface area contributed by atoms with E-state index in [2.05, 4.69) is 5.32 Å². The Labute approximate surface area is 166 Å². The quantitative estimate of drug-likeness (QED) is 0.510. The fraction of sp³-hybridized carbons (Fsp3) is 0.130. The molecule has 2 heterocycles. The number of furan rings is 1. The molecule has 0 fully saturated rings. The van der Waals surface area contributed by atoms with Gasteiger partial charge in [-0.15, -0.1) is 0 Å². The van der Waals surface area contributed by atoms with Gasteiger partial charge in [0, 0.05) is 5.69 Å². The Balaban J connectivity index is 1.74. The van der Waals surface area contributed by atoms with Crippen LogP contribution in [0.4, 0.5) is 5.69 Å². The molecule has 4 aromatic rings. The van der Waals surface area contributed by atoms with E-state index in [9.17, 15) is 9.59 Å². The standard InChI is InChI=1S/C23H19NO5/c1-2-17(23(26)24-15-9-4-3-5-10-15)28-22-20(25)16-11-6-7-12-18(16)29-21(22)19-13-8-14-27-19/h3-14,17H,2H2,1H3,(H,24,26). The van der Waals surface area contributed by atoms with Gasteiger partial charge in [0.2, 0.25) is 16.9 Å². The fourth-order valence-electron chi connectivity index (χ4n) is 3.01. The van der Waals surface area contributed by atoms with Crippen LogP contribution < -0.4 is 15.5 Å². The number of nitrogens with one attached hydrogen (secondary N) is 1. The molecule has 1 amide bonds. The molecule has 1 N–H and O–H groups in total. The highest BCUT2D eigenvalue weighted by Gasteiger charge is 2.26. The Morgan fingerprint density at radius 1 is 1.03 bits per heavy atom. The number of carbonyl (C=O) groups is 1. The molecule has 2 aromatic carbocycles. The largest absolute Gasteiger partial charge is 0.473 e. The van der Waals surface area contributed by atoms with Crippen LogP contribution in [0.25, 0.3) is 22.5 Å². The van der Waals surface area contributed by atoms with Crippen molar-refractivity contribution in [3.8, 4) is 17.3 Å². The summed E-state index contributed by atoms with van der Waals surface area (Å²) < 4.78 is 17.2. The van der Waals surface area contributed by atoms with Crippen molar-refractivity contribution in [1.29, 1.82) is 0 Å². The Morgan fingerprint density at radius 2 is 1.79 bits per heavy atom. The Morgan fingerprint density at radius 3 is 2.52 bits per heavy atom. The Bertz CT molecular complexity index is 1180. The third-order valence-corrected chi connectivity index (χ3v) is 4.47. The highest BCUT2D eigenvalue weighted by atomic mass is 16.5. The normalized spacial score (nSPS) is 11.9. The molecule has 6 heteroatoms.